The van der Waals surface area contributed by atoms with Crippen LogP contribution in [0, 0.1) is 6.92 Å². The van der Waals surface area contributed by atoms with Gasteiger partial charge in [0.15, 0.2) is 0 Å². The van der Waals surface area contributed by atoms with Crippen molar-refractivity contribution in [2.75, 3.05) is 6.54 Å². The molecule has 3 unspecified atom stereocenters. The zero-order valence-corrected chi connectivity index (χ0v) is 16.0. The summed E-state index contributed by atoms with van der Waals surface area (Å²) in [7, 11) is -3.58. The monoisotopic (exact) mass is 383 g/mol. The number of carbonyl (C=O) groups is 1. The maximum absolute atomic E-state index is 12.9. The van der Waals surface area contributed by atoms with Crippen molar-refractivity contribution in [1.82, 2.24) is 14.9 Å². The quantitative estimate of drug-likeness (QED) is 0.828. The summed E-state index contributed by atoms with van der Waals surface area (Å²) < 4.78 is 27.6. The molecule has 25 heavy (non-hydrogen) atoms. The second-order valence-electron chi connectivity index (χ2n) is 7.45. The minimum absolute atomic E-state index is 0.124. The van der Waals surface area contributed by atoms with Crippen LogP contribution in [0.25, 0.3) is 0 Å². The summed E-state index contributed by atoms with van der Waals surface area (Å²) in [5, 5.41) is 6.70. The lowest BCUT2D eigenvalue weighted by atomic mass is 9.99. The molecule has 2 bridgehead atoms. The fourth-order valence-corrected chi connectivity index (χ4v) is 7.50. The van der Waals surface area contributed by atoms with Crippen molar-refractivity contribution in [3.05, 3.63) is 17.0 Å². The fourth-order valence-electron chi connectivity index (χ4n) is 4.43. The predicted molar refractivity (Wildman–Crippen MR) is 97.1 cm³/mol. The molecule has 1 aromatic heterocycles. The molecule has 1 amide bonds. The second kappa shape index (κ2) is 6.64. The van der Waals surface area contributed by atoms with Gasteiger partial charge in [0.05, 0.1) is 0 Å². The number of hydrogen-bond acceptors (Lipinski definition) is 5. The number of rotatable bonds is 4. The Balaban J connectivity index is 1.46. The summed E-state index contributed by atoms with van der Waals surface area (Å²) >= 11 is 1.27. The van der Waals surface area contributed by atoms with E-state index in [1.165, 1.54) is 28.5 Å². The van der Waals surface area contributed by atoms with Gasteiger partial charge in [-0.1, -0.05) is 0 Å². The van der Waals surface area contributed by atoms with Crippen molar-refractivity contribution in [2.24, 2.45) is 0 Å². The summed E-state index contributed by atoms with van der Waals surface area (Å²) in [6.45, 7) is 2.32. The van der Waals surface area contributed by atoms with E-state index in [9.17, 15) is 13.2 Å². The summed E-state index contributed by atoms with van der Waals surface area (Å²) in [6, 6.07) is 4.06. The maximum atomic E-state index is 12.9. The van der Waals surface area contributed by atoms with Crippen molar-refractivity contribution in [2.45, 2.75) is 73.8 Å². The smallest absolute Gasteiger partial charge is 0.253 e. The highest BCUT2D eigenvalue weighted by Crippen LogP contribution is 2.31. The van der Waals surface area contributed by atoms with Crippen LogP contribution in [0.1, 0.15) is 43.4 Å². The number of carbonyl (C=O) groups excluding carboxylic acids is 1. The van der Waals surface area contributed by atoms with Gasteiger partial charge in [0.1, 0.15) is 10.3 Å². The number of piperidine rings is 1. The molecule has 6 nitrogen and oxygen atoms in total. The number of hydrogen-bond donors (Lipinski definition) is 2. The van der Waals surface area contributed by atoms with Gasteiger partial charge in [-0.3, -0.25) is 4.79 Å². The Morgan fingerprint density at radius 3 is 2.60 bits per heavy atom. The third kappa shape index (κ3) is 3.37. The molecule has 3 saturated heterocycles. The standard InChI is InChI=1S/C17H25N3O3S2/c1-11-4-7-16(24-11)25(22,23)20-8-2-3-15(20)17(21)19-14-9-12-5-6-13(10-14)18-12/h4,7,12-15,18H,2-3,5-6,8-10H2,1H3,(H,19,21). The molecule has 0 spiro atoms. The van der Waals surface area contributed by atoms with Crippen LogP contribution in [-0.2, 0) is 14.8 Å². The van der Waals surface area contributed by atoms with E-state index < -0.39 is 16.1 Å². The summed E-state index contributed by atoms with van der Waals surface area (Å²) in [5.74, 6) is -0.124. The van der Waals surface area contributed by atoms with Gasteiger partial charge in [-0.05, 0) is 57.6 Å². The zero-order valence-electron chi connectivity index (χ0n) is 14.4. The minimum Gasteiger partial charge on any atom is -0.352 e. The van der Waals surface area contributed by atoms with Gasteiger partial charge < -0.3 is 10.6 Å². The number of fused-ring (bicyclic) bond motifs is 2. The summed E-state index contributed by atoms with van der Waals surface area (Å²) in [4.78, 5) is 13.8. The first kappa shape index (κ1) is 17.5. The molecular weight excluding hydrogens is 358 g/mol. The molecule has 0 aliphatic carbocycles. The lowest BCUT2D eigenvalue weighted by Gasteiger charge is -2.31. The minimum atomic E-state index is -3.58. The number of sulfonamides is 1. The number of amides is 1. The van der Waals surface area contributed by atoms with Gasteiger partial charge in [0.25, 0.3) is 10.0 Å². The Morgan fingerprint density at radius 2 is 1.96 bits per heavy atom. The Morgan fingerprint density at radius 1 is 1.24 bits per heavy atom. The number of thiophene rings is 1. The molecule has 3 fully saturated rings. The topological polar surface area (TPSA) is 78.5 Å². The average molecular weight is 384 g/mol. The Bertz CT molecular complexity index is 749. The second-order valence-corrected chi connectivity index (χ2v) is 10.9. The fraction of sp³-hybridized carbons (Fsp3) is 0.706. The molecule has 3 aliphatic heterocycles. The summed E-state index contributed by atoms with van der Waals surface area (Å²) in [6.07, 6.45) is 5.60. The first-order valence-electron chi connectivity index (χ1n) is 9.08. The van der Waals surface area contributed by atoms with Gasteiger partial charge in [-0.15, -0.1) is 11.3 Å². The number of nitrogens with zero attached hydrogens (tertiary/aromatic N) is 1. The molecule has 8 heteroatoms. The van der Waals surface area contributed by atoms with E-state index in [-0.39, 0.29) is 11.9 Å². The molecule has 1 aromatic rings. The molecule has 0 saturated carbocycles. The Kier molecular flexibility index (Phi) is 4.64. The summed E-state index contributed by atoms with van der Waals surface area (Å²) in [5.41, 5.74) is 0. The highest BCUT2D eigenvalue weighted by molar-refractivity contribution is 7.91. The van der Waals surface area contributed by atoms with Crippen molar-refractivity contribution in [3.63, 3.8) is 0 Å². The van der Waals surface area contributed by atoms with E-state index in [4.69, 9.17) is 0 Å². The molecule has 0 radical (unpaired) electrons. The highest BCUT2D eigenvalue weighted by Gasteiger charge is 2.41. The van der Waals surface area contributed by atoms with Crippen LogP contribution >= 0.6 is 11.3 Å². The van der Waals surface area contributed by atoms with E-state index in [1.54, 1.807) is 6.07 Å². The number of nitrogens with one attached hydrogen (secondary N) is 2. The molecule has 138 valence electrons. The van der Waals surface area contributed by atoms with E-state index in [0.29, 0.717) is 29.3 Å². The molecule has 3 aliphatic rings. The van der Waals surface area contributed by atoms with Crippen LogP contribution in [0.15, 0.2) is 16.3 Å². The van der Waals surface area contributed by atoms with Crippen LogP contribution in [0.2, 0.25) is 0 Å². The molecule has 2 N–H and O–H groups in total. The van der Waals surface area contributed by atoms with Gasteiger partial charge in [0.2, 0.25) is 5.91 Å². The predicted octanol–water partition coefficient (Wildman–Crippen LogP) is 1.61. The zero-order chi connectivity index (χ0) is 17.6. The normalized spacial score (nSPS) is 32.8. The van der Waals surface area contributed by atoms with Crippen LogP contribution in [0.5, 0.6) is 0 Å². The van der Waals surface area contributed by atoms with E-state index in [2.05, 4.69) is 10.6 Å². The first-order valence-corrected chi connectivity index (χ1v) is 11.3. The Hall–Kier alpha value is -0.960. The lowest BCUT2D eigenvalue weighted by Crippen LogP contribution is -2.53. The first-order chi connectivity index (χ1) is 11.9. The highest BCUT2D eigenvalue weighted by atomic mass is 32.2. The van der Waals surface area contributed by atoms with E-state index in [0.717, 1.165) is 24.1 Å². The molecular formula is C17H25N3O3S2. The van der Waals surface area contributed by atoms with Gasteiger partial charge in [0, 0.05) is 29.5 Å². The van der Waals surface area contributed by atoms with Crippen LogP contribution in [0.4, 0.5) is 0 Å². The van der Waals surface area contributed by atoms with Gasteiger partial charge in [-0.2, -0.15) is 4.31 Å². The Labute approximate surface area is 153 Å². The van der Waals surface area contributed by atoms with E-state index >= 15 is 0 Å². The molecule has 0 aromatic carbocycles. The number of aryl methyl sites for hydroxylation is 1. The maximum Gasteiger partial charge on any atom is 0.253 e. The average Bonchev–Trinajstić information content (AvgIpc) is 3.27. The van der Waals surface area contributed by atoms with Crippen LogP contribution < -0.4 is 10.6 Å². The van der Waals surface area contributed by atoms with Crippen LogP contribution in [0.3, 0.4) is 0 Å². The van der Waals surface area contributed by atoms with Crippen molar-refractivity contribution >= 4 is 27.3 Å². The van der Waals surface area contributed by atoms with Crippen LogP contribution in [-0.4, -0.2) is 49.3 Å². The van der Waals surface area contributed by atoms with Gasteiger partial charge in [-0.25, -0.2) is 8.42 Å². The molecule has 4 heterocycles. The van der Waals surface area contributed by atoms with Crippen molar-refractivity contribution in [3.8, 4) is 0 Å². The molecule has 3 atom stereocenters. The van der Waals surface area contributed by atoms with Gasteiger partial charge >= 0.3 is 0 Å². The third-order valence-corrected chi connectivity index (χ3v) is 8.98. The SMILES string of the molecule is Cc1ccc(S(=O)(=O)N2CCCC2C(=O)NC2CC3CCC(C2)N3)s1. The van der Waals surface area contributed by atoms with Crippen molar-refractivity contribution in [1.29, 1.82) is 0 Å². The third-order valence-electron chi connectivity index (χ3n) is 5.60. The molecule has 4 rings (SSSR count). The largest absolute Gasteiger partial charge is 0.352 e. The van der Waals surface area contributed by atoms with E-state index in [1.807, 2.05) is 13.0 Å². The van der Waals surface area contributed by atoms with Crippen molar-refractivity contribution < 1.29 is 13.2 Å². The lowest BCUT2D eigenvalue weighted by molar-refractivity contribution is -0.125.